The van der Waals surface area contributed by atoms with Gasteiger partial charge >= 0.3 is 0 Å². The van der Waals surface area contributed by atoms with E-state index < -0.39 is 17.7 Å². The normalized spacial score (nSPS) is 12.6. The van der Waals surface area contributed by atoms with E-state index in [9.17, 15) is 13.6 Å². The Morgan fingerprint density at radius 2 is 2.00 bits per heavy atom. The zero-order valence-electron chi connectivity index (χ0n) is 16.2. The Hall–Kier alpha value is -2.84. The van der Waals surface area contributed by atoms with Crippen molar-refractivity contribution in [2.75, 3.05) is 14.2 Å². The largest absolute Gasteiger partial charge is 0.391 e. The molecule has 0 saturated carbocycles. The Morgan fingerprint density at radius 1 is 1.25 bits per heavy atom. The van der Waals surface area contributed by atoms with Gasteiger partial charge in [-0.1, -0.05) is 23.4 Å². The minimum atomic E-state index is -0.742. The molecule has 0 spiro atoms. The average molecular weight is 391 g/mol. The monoisotopic (exact) mass is 391 g/mol. The van der Waals surface area contributed by atoms with Gasteiger partial charge in [0.05, 0.1) is 12.8 Å². The predicted octanol–water partition coefficient (Wildman–Crippen LogP) is 3.15. The van der Waals surface area contributed by atoms with Crippen molar-refractivity contribution in [2.45, 2.75) is 26.5 Å². The first kappa shape index (κ1) is 21.5. The standard InChI is InChI=1S/C20H23F2N3O3/c1-12-6-5-7-16(19(25-27-4)20(26)23-3)17(12)11-28-24-13(2)15-9-8-14(21)10-18(15)22/h5-10,19,25H,11H2,1-4H3,(H,23,26)/b24-13+. The molecule has 28 heavy (non-hydrogen) atoms. The number of carbonyl (C=O) groups is 1. The number of nitrogens with zero attached hydrogens (tertiary/aromatic N) is 1. The van der Waals surface area contributed by atoms with Crippen molar-refractivity contribution in [3.8, 4) is 0 Å². The molecule has 0 fully saturated rings. The number of halogens is 2. The first-order valence-corrected chi connectivity index (χ1v) is 8.59. The van der Waals surface area contributed by atoms with Crippen molar-refractivity contribution in [3.63, 3.8) is 0 Å². The van der Waals surface area contributed by atoms with E-state index in [1.165, 1.54) is 20.2 Å². The van der Waals surface area contributed by atoms with Gasteiger partial charge in [0, 0.05) is 24.2 Å². The molecule has 1 unspecified atom stereocenters. The molecule has 150 valence electrons. The zero-order chi connectivity index (χ0) is 20.7. The van der Waals surface area contributed by atoms with E-state index in [-0.39, 0.29) is 23.8 Å². The number of hydroxylamine groups is 1. The molecule has 2 aromatic rings. The van der Waals surface area contributed by atoms with Crippen LogP contribution in [0.15, 0.2) is 41.6 Å². The van der Waals surface area contributed by atoms with Crippen molar-refractivity contribution >= 4 is 11.6 Å². The lowest BCUT2D eigenvalue weighted by Crippen LogP contribution is -2.36. The maximum Gasteiger partial charge on any atom is 0.243 e. The molecular weight excluding hydrogens is 368 g/mol. The van der Waals surface area contributed by atoms with E-state index in [1.54, 1.807) is 13.0 Å². The molecule has 2 aromatic carbocycles. The second-order valence-corrected chi connectivity index (χ2v) is 6.09. The molecule has 0 aromatic heterocycles. The SMILES string of the molecule is CNC(=O)C(NOC)c1cccc(C)c1CO/N=C(\C)c1ccc(F)cc1F. The zero-order valence-corrected chi connectivity index (χ0v) is 16.2. The maximum absolute atomic E-state index is 13.9. The summed E-state index contributed by atoms with van der Waals surface area (Å²) < 4.78 is 26.9. The average Bonchev–Trinajstić information content (AvgIpc) is 2.66. The summed E-state index contributed by atoms with van der Waals surface area (Å²) in [5.74, 6) is -1.66. The Kier molecular flexibility index (Phi) is 7.60. The molecule has 0 radical (unpaired) electrons. The van der Waals surface area contributed by atoms with Crippen molar-refractivity contribution < 1.29 is 23.3 Å². The minimum absolute atomic E-state index is 0.0566. The molecule has 1 atom stereocenters. The van der Waals surface area contributed by atoms with E-state index in [0.717, 1.165) is 23.3 Å². The molecule has 0 aliphatic rings. The number of aryl methyl sites for hydroxylation is 1. The molecule has 2 rings (SSSR count). The lowest BCUT2D eigenvalue weighted by atomic mass is 9.96. The fourth-order valence-corrected chi connectivity index (χ4v) is 2.74. The number of rotatable bonds is 8. The summed E-state index contributed by atoms with van der Waals surface area (Å²) in [4.78, 5) is 22.6. The van der Waals surface area contributed by atoms with Crippen LogP contribution in [0.25, 0.3) is 0 Å². The minimum Gasteiger partial charge on any atom is -0.391 e. The van der Waals surface area contributed by atoms with Crippen LogP contribution in [-0.4, -0.2) is 25.8 Å². The van der Waals surface area contributed by atoms with Gasteiger partial charge < -0.3 is 15.0 Å². The summed E-state index contributed by atoms with van der Waals surface area (Å²) in [7, 11) is 2.95. The second-order valence-electron chi connectivity index (χ2n) is 6.09. The summed E-state index contributed by atoms with van der Waals surface area (Å²) in [6, 6.07) is 7.99. The highest BCUT2D eigenvalue weighted by atomic mass is 19.1. The number of hydrogen-bond donors (Lipinski definition) is 2. The third-order valence-corrected chi connectivity index (χ3v) is 4.23. The van der Waals surface area contributed by atoms with Crippen molar-refractivity contribution in [1.29, 1.82) is 0 Å². The van der Waals surface area contributed by atoms with E-state index in [2.05, 4.69) is 16.0 Å². The highest BCUT2D eigenvalue weighted by Crippen LogP contribution is 2.23. The van der Waals surface area contributed by atoms with Crippen LogP contribution in [0.1, 0.15) is 35.2 Å². The summed E-state index contributed by atoms with van der Waals surface area (Å²) in [5.41, 5.74) is 5.39. The molecule has 2 N–H and O–H groups in total. The number of carbonyl (C=O) groups excluding carboxylic acids is 1. The molecular formula is C20H23F2N3O3. The van der Waals surface area contributed by atoms with Gasteiger partial charge in [-0.25, -0.2) is 8.78 Å². The number of hydrogen-bond acceptors (Lipinski definition) is 5. The number of oxime groups is 1. The first-order chi connectivity index (χ1) is 13.4. The molecule has 8 heteroatoms. The van der Waals surface area contributed by atoms with Gasteiger partial charge in [-0.2, -0.15) is 5.48 Å². The molecule has 0 saturated heterocycles. The van der Waals surface area contributed by atoms with Gasteiger partial charge in [-0.3, -0.25) is 4.79 Å². The Bertz CT molecular complexity index is 872. The fraction of sp³-hybridized carbons (Fsp3) is 0.300. The Labute approximate surface area is 162 Å². The highest BCUT2D eigenvalue weighted by molar-refractivity contribution is 5.98. The van der Waals surface area contributed by atoms with Gasteiger partial charge in [0.15, 0.2) is 0 Å². The summed E-state index contributed by atoms with van der Waals surface area (Å²) in [6.45, 7) is 3.50. The quantitative estimate of drug-likeness (QED) is 0.536. The number of benzene rings is 2. The Balaban J connectivity index is 2.25. The molecule has 0 bridgehead atoms. The predicted molar refractivity (Wildman–Crippen MR) is 101 cm³/mol. The van der Waals surface area contributed by atoms with Crippen LogP contribution in [0.3, 0.4) is 0 Å². The van der Waals surface area contributed by atoms with Crippen molar-refractivity contribution in [2.24, 2.45) is 5.16 Å². The van der Waals surface area contributed by atoms with Gasteiger partial charge in [0.2, 0.25) is 5.91 Å². The van der Waals surface area contributed by atoms with E-state index in [1.807, 2.05) is 19.1 Å². The molecule has 6 nitrogen and oxygen atoms in total. The van der Waals surface area contributed by atoms with Crippen LogP contribution in [0.4, 0.5) is 8.78 Å². The number of amides is 1. The summed E-state index contributed by atoms with van der Waals surface area (Å²) in [5, 5.41) is 6.51. The molecule has 0 aliphatic heterocycles. The topological polar surface area (TPSA) is 72.0 Å². The fourth-order valence-electron chi connectivity index (χ4n) is 2.74. The van der Waals surface area contributed by atoms with Crippen LogP contribution in [0.5, 0.6) is 0 Å². The van der Waals surface area contributed by atoms with Gasteiger partial charge in [-0.05, 0) is 37.1 Å². The third-order valence-electron chi connectivity index (χ3n) is 4.23. The lowest BCUT2D eigenvalue weighted by Gasteiger charge is -2.20. The van der Waals surface area contributed by atoms with E-state index in [4.69, 9.17) is 9.68 Å². The number of nitrogens with one attached hydrogen (secondary N) is 2. The van der Waals surface area contributed by atoms with E-state index >= 15 is 0 Å². The van der Waals surface area contributed by atoms with Crippen LogP contribution >= 0.6 is 0 Å². The van der Waals surface area contributed by atoms with Crippen LogP contribution in [-0.2, 0) is 21.1 Å². The maximum atomic E-state index is 13.9. The smallest absolute Gasteiger partial charge is 0.243 e. The summed E-state index contributed by atoms with van der Waals surface area (Å²) >= 11 is 0. The lowest BCUT2D eigenvalue weighted by molar-refractivity contribution is -0.126. The van der Waals surface area contributed by atoms with Gasteiger partial charge in [-0.15, -0.1) is 0 Å². The van der Waals surface area contributed by atoms with Crippen LogP contribution < -0.4 is 10.8 Å². The summed E-state index contributed by atoms with van der Waals surface area (Å²) in [6.07, 6.45) is 0. The molecule has 0 aliphatic carbocycles. The Morgan fingerprint density at radius 3 is 2.64 bits per heavy atom. The second kappa shape index (κ2) is 9.91. The van der Waals surface area contributed by atoms with Gasteiger partial charge in [0.25, 0.3) is 0 Å². The third kappa shape index (κ3) is 5.11. The van der Waals surface area contributed by atoms with Crippen LogP contribution in [0, 0.1) is 18.6 Å². The number of likely N-dealkylation sites (N-methyl/N-ethyl adjacent to an activating group) is 1. The van der Waals surface area contributed by atoms with E-state index in [0.29, 0.717) is 5.56 Å². The highest BCUT2D eigenvalue weighted by Gasteiger charge is 2.23. The van der Waals surface area contributed by atoms with Crippen molar-refractivity contribution in [1.82, 2.24) is 10.8 Å². The van der Waals surface area contributed by atoms with Crippen LogP contribution in [0.2, 0.25) is 0 Å². The molecule has 0 heterocycles. The van der Waals surface area contributed by atoms with Crippen molar-refractivity contribution in [3.05, 3.63) is 70.3 Å². The first-order valence-electron chi connectivity index (χ1n) is 8.59. The van der Waals surface area contributed by atoms with Gasteiger partial charge in [0.1, 0.15) is 24.3 Å². The molecule has 1 amide bonds.